The monoisotopic (exact) mass is 306 g/mol. The minimum atomic E-state index is -0.277. The van der Waals surface area contributed by atoms with Crippen molar-refractivity contribution in [3.05, 3.63) is 65.7 Å². The van der Waals surface area contributed by atoms with Crippen LogP contribution >= 0.6 is 15.9 Å². The van der Waals surface area contributed by atoms with E-state index in [-0.39, 0.29) is 5.83 Å². The molecule has 0 spiro atoms. The topological polar surface area (TPSA) is 9.23 Å². The van der Waals surface area contributed by atoms with E-state index < -0.39 is 0 Å². The second-order valence-electron chi connectivity index (χ2n) is 3.72. The average Bonchev–Trinajstić information content (AvgIpc) is 2.47. The van der Waals surface area contributed by atoms with Gasteiger partial charge in [0.1, 0.15) is 11.6 Å². The lowest BCUT2D eigenvalue weighted by atomic mass is 10.1. The van der Waals surface area contributed by atoms with Crippen LogP contribution in [0, 0.1) is 0 Å². The van der Waals surface area contributed by atoms with E-state index in [1.165, 1.54) is 0 Å². The number of ether oxygens (including phenoxy) is 1. The summed E-state index contributed by atoms with van der Waals surface area (Å²) in [6.45, 7) is 0. The van der Waals surface area contributed by atoms with Crippen LogP contribution in [0.2, 0.25) is 0 Å². The fourth-order valence-electron chi connectivity index (χ4n) is 1.58. The van der Waals surface area contributed by atoms with Gasteiger partial charge >= 0.3 is 0 Å². The van der Waals surface area contributed by atoms with E-state index >= 15 is 0 Å². The molecule has 2 rings (SSSR count). The maximum absolute atomic E-state index is 14.2. The summed E-state index contributed by atoms with van der Waals surface area (Å²) >= 11 is 3.30. The highest BCUT2D eigenvalue weighted by molar-refractivity contribution is 9.15. The van der Waals surface area contributed by atoms with Gasteiger partial charge in [-0.15, -0.1) is 0 Å². The van der Waals surface area contributed by atoms with Gasteiger partial charge < -0.3 is 4.74 Å². The number of rotatable bonds is 3. The zero-order chi connectivity index (χ0) is 13.0. The van der Waals surface area contributed by atoms with E-state index in [1.807, 2.05) is 30.3 Å². The molecule has 0 aliphatic heterocycles. The van der Waals surface area contributed by atoms with Crippen LogP contribution in [0.5, 0.6) is 5.75 Å². The smallest absolute Gasteiger partial charge is 0.145 e. The first-order chi connectivity index (χ1) is 8.72. The zero-order valence-electron chi connectivity index (χ0n) is 9.86. The molecular weight excluding hydrogens is 295 g/mol. The van der Waals surface area contributed by atoms with E-state index in [0.29, 0.717) is 10.0 Å². The van der Waals surface area contributed by atoms with Crippen molar-refractivity contribution in [2.24, 2.45) is 0 Å². The largest absolute Gasteiger partial charge is 0.497 e. The molecule has 0 atom stereocenters. The van der Waals surface area contributed by atoms with Gasteiger partial charge in [-0.25, -0.2) is 4.39 Å². The maximum atomic E-state index is 14.2. The second-order valence-corrected chi connectivity index (χ2v) is 4.52. The fraction of sp³-hybridized carbons (Fsp3) is 0.0667. The molecule has 2 aromatic carbocycles. The van der Waals surface area contributed by atoms with Crippen molar-refractivity contribution in [2.75, 3.05) is 7.11 Å². The molecule has 0 fully saturated rings. The lowest BCUT2D eigenvalue weighted by Crippen LogP contribution is -1.85. The third-order valence-corrected chi connectivity index (χ3v) is 3.37. The summed E-state index contributed by atoms with van der Waals surface area (Å²) < 4.78 is 19.7. The first-order valence-corrected chi connectivity index (χ1v) is 6.27. The minimum Gasteiger partial charge on any atom is -0.497 e. The molecule has 0 aliphatic rings. The third-order valence-electron chi connectivity index (χ3n) is 2.56. The van der Waals surface area contributed by atoms with Crippen molar-refractivity contribution in [2.45, 2.75) is 0 Å². The first kappa shape index (κ1) is 12.8. The molecule has 18 heavy (non-hydrogen) atoms. The molecule has 0 N–H and O–H groups in total. The third kappa shape index (κ3) is 2.79. The Balaban J connectivity index is 2.37. The molecule has 0 amide bonds. The van der Waals surface area contributed by atoms with Gasteiger partial charge in [0.25, 0.3) is 0 Å². The standard InChI is InChI=1S/C15H12BrFO/c1-18-13-9-7-11(8-10-13)14(16)15(17)12-5-3-2-4-6-12/h2-10H,1H3/b15-14-. The Morgan fingerprint density at radius 2 is 1.56 bits per heavy atom. The predicted molar refractivity (Wildman–Crippen MR) is 76.3 cm³/mol. The molecule has 0 aromatic heterocycles. The van der Waals surface area contributed by atoms with E-state index in [1.54, 1.807) is 31.4 Å². The molecule has 0 unspecified atom stereocenters. The highest BCUT2D eigenvalue weighted by Gasteiger charge is 2.08. The molecule has 0 heterocycles. The molecule has 0 radical (unpaired) electrons. The molecule has 0 saturated heterocycles. The Bertz CT molecular complexity index is 546. The van der Waals surface area contributed by atoms with Gasteiger partial charge in [0.05, 0.1) is 11.6 Å². The Labute approximate surface area is 114 Å². The minimum absolute atomic E-state index is 0.277. The molecule has 1 nitrogen and oxygen atoms in total. The average molecular weight is 307 g/mol. The Kier molecular flexibility index (Phi) is 4.15. The SMILES string of the molecule is COc1ccc(/C(Br)=C(/F)c2ccccc2)cc1. The van der Waals surface area contributed by atoms with Crippen LogP contribution in [0.4, 0.5) is 4.39 Å². The Morgan fingerprint density at radius 1 is 0.944 bits per heavy atom. The number of hydrogen-bond acceptors (Lipinski definition) is 1. The molecule has 92 valence electrons. The van der Waals surface area contributed by atoms with Gasteiger partial charge in [0.2, 0.25) is 0 Å². The van der Waals surface area contributed by atoms with E-state index in [0.717, 1.165) is 11.3 Å². The predicted octanol–water partition coefficient (Wildman–Crippen LogP) is 4.89. The zero-order valence-corrected chi connectivity index (χ0v) is 11.4. The highest BCUT2D eigenvalue weighted by Crippen LogP contribution is 2.32. The van der Waals surface area contributed by atoms with Gasteiger partial charge in [-0.2, -0.15) is 0 Å². The summed E-state index contributed by atoms with van der Waals surface area (Å²) in [5, 5.41) is 0. The van der Waals surface area contributed by atoms with E-state index in [2.05, 4.69) is 15.9 Å². The van der Waals surface area contributed by atoms with Crippen LogP contribution in [0.25, 0.3) is 10.3 Å². The van der Waals surface area contributed by atoms with Crippen LogP contribution in [0.1, 0.15) is 11.1 Å². The molecule has 0 bridgehead atoms. The van der Waals surface area contributed by atoms with Gasteiger partial charge in [-0.05, 0) is 33.6 Å². The highest BCUT2D eigenvalue weighted by atomic mass is 79.9. The van der Waals surface area contributed by atoms with Crippen molar-refractivity contribution >= 4 is 26.2 Å². The Morgan fingerprint density at radius 3 is 2.11 bits per heavy atom. The lowest BCUT2D eigenvalue weighted by molar-refractivity contribution is 0.415. The summed E-state index contributed by atoms with van der Waals surface area (Å²) in [6.07, 6.45) is 0. The van der Waals surface area contributed by atoms with E-state index in [4.69, 9.17) is 4.74 Å². The first-order valence-electron chi connectivity index (χ1n) is 5.47. The molecule has 0 saturated carbocycles. The van der Waals surface area contributed by atoms with Crippen molar-refractivity contribution < 1.29 is 9.13 Å². The van der Waals surface area contributed by atoms with Crippen LogP contribution in [-0.2, 0) is 0 Å². The molecule has 0 aliphatic carbocycles. The van der Waals surface area contributed by atoms with Gasteiger partial charge in [-0.3, -0.25) is 0 Å². The number of benzene rings is 2. The summed E-state index contributed by atoms with van der Waals surface area (Å²) in [7, 11) is 1.60. The van der Waals surface area contributed by atoms with Gasteiger partial charge in [0, 0.05) is 5.56 Å². The van der Waals surface area contributed by atoms with E-state index in [9.17, 15) is 4.39 Å². The van der Waals surface area contributed by atoms with Crippen molar-refractivity contribution in [1.82, 2.24) is 0 Å². The quantitative estimate of drug-likeness (QED) is 0.734. The molecule has 3 heteroatoms. The summed E-state index contributed by atoms with van der Waals surface area (Å²) in [6, 6.07) is 16.2. The van der Waals surface area contributed by atoms with Crippen molar-refractivity contribution in [1.29, 1.82) is 0 Å². The number of halogens is 2. The molecule has 2 aromatic rings. The lowest BCUT2D eigenvalue weighted by Gasteiger charge is -2.05. The Hall–Kier alpha value is -1.61. The van der Waals surface area contributed by atoms with Crippen molar-refractivity contribution in [3.63, 3.8) is 0 Å². The fourth-order valence-corrected chi connectivity index (χ4v) is 2.07. The van der Waals surface area contributed by atoms with Crippen LogP contribution in [-0.4, -0.2) is 7.11 Å². The second kappa shape index (κ2) is 5.83. The van der Waals surface area contributed by atoms with Gasteiger partial charge in [-0.1, -0.05) is 42.5 Å². The van der Waals surface area contributed by atoms with Crippen LogP contribution in [0.3, 0.4) is 0 Å². The normalized spacial score (nSPS) is 11.9. The van der Waals surface area contributed by atoms with Gasteiger partial charge in [0.15, 0.2) is 0 Å². The summed E-state index contributed by atoms with van der Waals surface area (Å²) in [5.74, 6) is 0.472. The van der Waals surface area contributed by atoms with Crippen LogP contribution < -0.4 is 4.74 Å². The van der Waals surface area contributed by atoms with Crippen LogP contribution in [0.15, 0.2) is 54.6 Å². The number of hydrogen-bond donors (Lipinski definition) is 0. The van der Waals surface area contributed by atoms with Crippen molar-refractivity contribution in [3.8, 4) is 5.75 Å². The maximum Gasteiger partial charge on any atom is 0.145 e. The summed E-state index contributed by atoms with van der Waals surface area (Å²) in [5.41, 5.74) is 1.33. The number of methoxy groups -OCH3 is 1. The molecular formula is C15H12BrFO. The summed E-state index contributed by atoms with van der Waals surface area (Å²) in [4.78, 5) is 0.